The molecule has 0 aliphatic carbocycles. The molecule has 0 N–H and O–H groups in total. The monoisotopic (exact) mass is 193 g/mol. The summed E-state index contributed by atoms with van der Waals surface area (Å²) in [7, 11) is 0. The van der Waals surface area contributed by atoms with Gasteiger partial charge in [0.25, 0.3) is 0 Å². The topological polar surface area (TPSA) is 17.1 Å². The molecule has 0 heterocycles. The zero-order chi connectivity index (χ0) is 2.71. The van der Waals surface area contributed by atoms with Crippen LogP contribution in [0.15, 0.2) is 0 Å². The summed E-state index contributed by atoms with van der Waals surface area (Å²) in [5.74, 6) is 0. The molecule has 5 heavy (non-hydrogen) atoms. The molecule has 1 radical (unpaired) electrons. The Morgan fingerprint density at radius 2 is 1.60 bits per heavy atom. The molecule has 0 rings (SSSR count). The number of aldehydes is 1. The zero-order valence-corrected chi connectivity index (χ0v) is 3.36. The van der Waals surface area contributed by atoms with Crippen molar-refractivity contribution < 1.29 is 21.6 Å². The fraction of sp³-hybridized carbons (Fsp3) is 0.500. The summed E-state index contributed by atoms with van der Waals surface area (Å²) in [5.41, 5.74) is 0. The van der Waals surface area contributed by atoms with Gasteiger partial charge in [-0.25, -0.2) is 0 Å². The van der Waals surface area contributed by atoms with Gasteiger partial charge in [0.15, 0.2) is 0 Å². The number of carbonyl (C=O) groups excluding carboxylic acids is 1. The first kappa shape index (κ1) is 15.9. The van der Waals surface area contributed by atoms with E-state index in [2.05, 4.69) is 0 Å². The predicted octanol–water partition coefficient (Wildman–Crippen LogP) is -0.714. The van der Waals surface area contributed by atoms with E-state index in [4.69, 9.17) is 4.79 Å². The second kappa shape index (κ2) is 17.4. The van der Waals surface area contributed by atoms with Crippen molar-refractivity contribution in [1.82, 2.24) is 0 Å². The van der Waals surface area contributed by atoms with Crippen molar-refractivity contribution in [2.45, 2.75) is 6.92 Å². The van der Waals surface area contributed by atoms with Crippen LogP contribution in [0.3, 0.4) is 0 Å². The van der Waals surface area contributed by atoms with Crippen LogP contribution in [0.25, 0.3) is 0 Å². The summed E-state index contributed by atoms with van der Waals surface area (Å²) in [6.07, 6.45) is 0.750. The Hall–Kier alpha value is 1.66. The quantitative estimate of drug-likeness (QED) is 0.366. The molecule has 31 valence electrons. The molecule has 0 aromatic carbocycles. The van der Waals surface area contributed by atoms with Crippen LogP contribution in [0.2, 0.25) is 0 Å². The molecule has 0 spiro atoms. The Morgan fingerprint density at radius 3 is 1.60 bits per heavy atom. The number of rotatable bonds is 0. The van der Waals surface area contributed by atoms with Gasteiger partial charge in [0.05, 0.1) is 0 Å². The van der Waals surface area contributed by atoms with Gasteiger partial charge in [0.1, 0.15) is 6.29 Å². The minimum atomic E-state index is 0. The second-order valence-corrected chi connectivity index (χ2v) is 0.236. The molecule has 3 heteroatoms. The first-order chi connectivity index (χ1) is 1.41. The molecular weight excluding hydrogens is 187 g/mol. The molecule has 0 atom stereocenters. The number of hydrogen-bond acceptors (Lipinski definition) is 1. The van der Waals surface area contributed by atoms with Crippen molar-refractivity contribution in [3.05, 3.63) is 0 Å². The number of hydrogen-bond donors (Lipinski definition) is 0. The van der Waals surface area contributed by atoms with Gasteiger partial charge >= 0.3 is 45.5 Å². The van der Waals surface area contributed by atoms with Crippen LogP contribution < -0.4 is 0 Å². The fourth-order valence-electron chi connectivity index (χ4n) is 0. The molecule has 0 amide bonds. The van der Waals surface area contributed by atoms with Crippen LogP contribution in [0.1, 0.15) is 6.92 Å². The maximum atomic E-state index is 8.81. The van der Waals surface area contributed by atoms with E-state index in [-0.39, 0.29) is 62.3 Å². The minimum absolute atomic E-state index is 0. The van der Waals surface area contributed by atoms with Crippen molar-refractivity contribution in [2.24, 2.45) is 0 Å². The van der Waals surface area contributed by atoms with E-state index in [1.54, 1.807) is 0 Å². The van der Waals surface area contributed by atoms with Gasteiger partial charge in [-0.15, -0.1) is 0 Å². The molecular formula is C2H6CoOSr. The molecule has 0 aliphatic rings. The molecule has 0 unspecified atom stereocenters. The molecule has 0 saturated carbocycles. The third kappa shape index (κ3) is 27.6. The van der Waals surface area contributed by atoms with E-state index in [1.807, 2.05) is 0 Å². The van der Waals surface area contributed by atoms with Crippen LogP contribution >= 0.6 is 0 Å². The number of carbonyl (C=O) groups is 1. The van der Waals surface area contributed by atoms with Crippen LogP contribution in [-0.4, -0.2) is 51.8 Å². The Kier molecular flexibility index (Phi) is 55.4. The third-order valence-electron chi connectivity index (χ3n) is 0. The molecule has 0 saturated heterocycles. The van der Waals surface area contributed by atoms with Crippen molar-refractivity contribution >= 4 is 51.8 Å². The second-order valence-electron chi connectivity index (χ2n) is 0.236. The van der Waals surface area contributed by atoms with Crippen LogP contribution in [0.4, 0.5) is 0 Å². The Balaban J connectivity index is -0.0000000200. The molecule has 1 nitrogen and oxygen atoms in total. The van der Waals surface area contributed by atoms with Gasteiger partial charge in [-0.05, 0) is 6.92 Å². The molecule has 0 aromatic heterocycles. The summed E-state index contributed by atoms with van der Waals surface area (Å²) in [5, 5.41) is 0. The van der Waals surface area contributed by atoms with Gasteiger partial charge in [-0.2, -0.15) is 0 Å². The van der Waals surface area contributed by atoms with E-state index in [9.17, 15) is 0 Å². The molecule has 0 aliphatic heterocycles. The van der Waals surface area contributed by atoms with Gasteiger partial charge in [-0.3, -0.25) is 0 Å². The average Bonchev–Trinajstić information content (AvgIpc) is 0.918. The third-order valence-corrected chi connectivity index (χ3v) is 0. The van der Waals surface area contributed by atoms with Crippen molar-refractivity contribution in [3.63, 3.8) is 0 Å². The summed E-state index contributed by atoms with van der Waals surface area (Å²) in [4.78, 5) is 8.81. The van der Waals surface area contributed by atoms with Crippen LogP contribution in [0, 0.1) is 0 Å². The van der Waals surface area contributed by atoms with Gasteiger partial charge in [0, 0.05) is 16.8 Å². The van der Waals surface area contributed by atoms with Crippen molar-refractivity contribution in [3.8, 4) is 0 Å². The molecule has 0 bridgehead atoms. The van der Waals surface area contributed by atoms with Gasteiger partial charge < -0.3 is 4.79 Å². The van der Waals surface area contributed by atoms with Gasteiger partial charge in [0.2, 0.25) is 0 Å². The van der Waals surface area contributed by atoms with E-state index in [1.165, 1.54) is 6.92 Å². The summed E-state index contributed by atoms with van der Waals surface area (Å²) < 4.78 is 0. The van der Waals surface area contributed by atoms with E-state index in [0.29, 0.717) is 0 Å². The predicted molar refractivity (Wildman–Crippen MR) is 20.3 cm³/mol. The molecule has 0 aromatic rings. The van der Waals surface area contributed by atoms with E-state index in [0.717, 1.165) is 6.29 Å². The van der Waals surface area contributed by atoms with Gasteiger partial charge in [-0.1, -0.05) is 0 Å². The zero-order valence-electron chi connectivity index (χ0n) is 2.32. The van der Waals surface area contributed by atoms with Crippen molar-refractivity contribution in [1.29, 1.82) is 0 Å². The summed E-state index contributed by atoms with van der Waals surface area (Å²) in [6, 6.07) is 0. The fourth-order valence-corrected chi connectivity index (χ4v) is 0. The molecule has 0 fully saturated rings. The van der Waals surface area contributed by atoms with Crippen LogP contribution in [0.5, 0.6) is 0 Å². The Bertz CT molecular complexity index is 17.1. The Morgan fingerprint density at radius 1 is 1.60 bits per heavy atom. The van der Waals surface area contributed by atoms with E-state index < -0.39 is 0 Å². The first-order valence-electron chi connectivity index (χ1n) is 0.813. The normalized spacial score (nSPS) is 2.60. The van der Waals surface area contributed by atoms with E-state index >= 15 is 0 Å². The maximum absolute atomic E-state index is 8.81. The summed E-state index contributed by atoms with van der Waals surface area (Å²) >= 11 is 0. The first-order valence-corrected chi connectivity index (χ1v) is 0.813. The Labute approximate surface area is 79.0 Å². The SMILES string of the molecule is CC=O.[Co].[SrH2]. The summed E-state index contributed by atoms with van der Waals surface area (Å²) in [6.45, 7) is 1.44. The van der Waals surface area contributed by atoms with Crippen molar-refractivity contribution in [2.75, 3.05) is 0 Å². The standard InChI is InChI=1S/C2H4O.Co.Sr.2H/c1-2-3;;;;/h2H,1H3;;;;. The average molecular weight is 193 g/mol. The van der Waals surface area contributed by atoms with Crippen LogP contribution in [-0.2, 0) is 21.6 Å².